The van der Waals surface area contributed by atoms with E-state index in [1.807, 2.05) is 0 Å². The molecule has 0 aromatic heterocycles. The normalized spacial score (nSPS) is 15.3. The van der Waals surface area contributed by atoms with Crippen molar-refractivity contribution in [2.24, 2.45) is 5.92 Å². The lowest BCUT2D eigenvalue weighted by Crippen LogP contribution is -2.39. The predicted octanol–water partition coefficient (Wildman–Crippen LogP) is 3.90. The van der Waals surface area contributed by atoms with Crippen molar-refractivity contribution in [1.29, 1.82) is 0 Å². The molecule has 0 radical (unpaired) electrons. The molecule has 2 aromatic carbocycles. The minimum atomic E-state index is -0.344. The van der Waals surface area contributed by atoms with Crippen LogP contribution in [0.15, 0.2) is 48.5 Å². The molecule has 0 bridgehead atoms. The van der Waals surface area contributed by atoms with Crippen LogP contribution in [0.25, 0.3) is 0 Å². The van der Waals surface area contributed by atoms with E-state index in [1.165, 1.54) is 36.4 Å². The predicted molar refractivity (Wildman–Crippen MR) is 86.9 cm³/mol. The van der Waals surface area contributed by atoms with E-state index in [1.54, 1.807) is 17.0 Å². The minimum absolute atomic E-state index is 0.0621. The molecule has 0 aliphatic carbocycles. The Kier molecular flexibility index (Phi) is 5.08. The first kappa shape index (κ1) is 16.4. The van der Waals surface area contributed by atoms with E-state index < -0.39 is 0 Å². The number of carbonyl (C=O) groups excluding carboxylic acids is 1. The Balaban J connectivity index is 1.47. The number of nitrogens with zero attached hydrogens (tertiary/aromatic N) is 1. The van der Waals surface area contributed by atoms with Crippen molar-refractivity contribution in [1.82, 2.24) is 4.90 Å². The third-order valence-corrected chi connectivity index (χ3v) is 4.29. The summed E-state index contributed by atoms with van der Waals surface area (Å²) in [4.78, 5) is 14.2. The van der Waals surface area contributed by atoms with Gasteiger partial charge in [0.1, 0.15) is 17.4 Å². The van der Waals surface area contributed by atoms with Crippen LogP contribution in [0.4, 0.5) is 8.78 Å². The Morgan fingerprint density at radius 2 is 1.50 bits per heavy atom. The second kappa shape index (κ2) is 7.43. The van der Waals surface area contributed by atoms with E-state index in [0.717, 1.165) is 12.8 Å². The molecule has 1 fully saturated rings. The van der Waals surface area contributed by atoms with Gasteiger partial charge in [0.15, 0.2) is 0 Å². The van der Waals surface area contributed by atoms with E-state index in [0.29, 0.717) is 36.9 Å². The highest BCUT2D eigenvalue weighted by Gasteiger charge is 2.24. The molecule has 3 nitrogen and oxygen atoms in total. The zero-order valence-corrected chi connectivity index (χ0v) is 13.3. The van der Waals surface area contributed by atoms with Gasteiger partial charge in [0.05, 0.1) is 6.61 Å². The maximum Gasteiger partial charge on any atom is 0.253 e. The molecule has 126 valence electrons. The van der Waals surface area contributed by atoms with Crippen LogP contribution in [0.3, 0.4) is 0 Å². The Morgan fingerprint density at radius 1 is 0.958 bits per heavy atom. The summed E-state index contributed by atoms with van der Waals surface area (Å²) in [6.45, 7) is 1.88. The van der Waals surface area contributed by atoms with Crippen LogP contribution >= 0.6 is 0 Å². The highest BCUT2D eigenvalue weighted by atomic mass is 19.1. The second-order valence-electron chi connectivity index (χ2n) is 6.01. The van der Waals surface area contributed by atoms with Crippen LogP contribution in [0, 0.1) is 17.6 Å². The highest BCUT2D eigenvalue weighted by Crippen LogP contribution is 2.21. The molecule has 0 unspecified atom stereocenters. The minimum Gasteiger partial charge on any atom is -0.493 e. The fourth-order valence-electron chi connectivity index (χ4n) is 2.82. The first-order valence-electron chi connectivity index (χ1n) is 8.05. The zero-order valence-electron chi connectivity index (χ0n) is 13.3. The third kappa shape index (κ3) is 4.10. The average molecular weight is 331 g/mol. The molecule has 24 heavy (non-hydrogen) atoms. The average Bonchev–Trinajstić information content (AvgIpc) is 2.62. The van der Waals surface area contributed by atoms with Gasteiger partial charge in [-0.3, -0.25) is 4.79 Å². The topological polar surface area (TPSA) is 29.5 Å². The summed E-state index contributed by atoms with van der Waals surface area (Å²) < 4.78 is 31.5. The first-order valence-corrected chi connectivity index (χ1v) is 8.05. The van der Waals surface area contributed by atoms with Gasteiger partial charge in [0, 0.05) is 18.7 Å². The number of piperidine rings is 1. The van der Waals surface area contributed by atoms with E-state index >= 15 is 0 Å². The SMILES string of the molecule is O=C(c1ccc(F)cc1)N1CCC(COc2ccc(F)cc2)CC1. The van der Waals surface area contributed by atoms with Crippen LogP contribution in [0.2, 0.25) is 0 Å². The van der Waals surface area contributed by atoms with Crippen LogP contribution in [-0.4, -0.2) is 30.5 Å². The Labute approximate surface area is 139 Å². The molecule has 0 N–H and O–H groups in total. The van der Waals surface area contributed by atoms with Crippen molar-refractivity contribution in [2.45, 2.75) is 12.8 Å². The van der Waals surface area contributed by atoms with Gasteiger partial charge in [-0.05, 0) is 67.3 Å². The highest BCUT2D eigenvalue weighted by molar-refractivity contribution is 5.94. The van der Waals surface area contributed by atoms with Crippen molar-refractivity contribution < 1.29 is 18.3 Å². The monoisotopic (exact) mass is 331 g/mol. The number of halogens is 2. The Hall–Kier alpha value is -2.43. The number of hydrogen-bond donors (Lipinski definition) is 0. The van der Waals surface area contributed by atoms with Crippen LogP contribution in [-0.2, 0) is 0 Å². The van der Waals surface area contributed by atoms with Gasteiger partial charge in [-0.2, -0.15) is 0 Å². The number of likely N-dealkylation sites (tertiary alicyclic amines) is 1. The summed E-state index contributed by atoms with van der Waals surface area (Å²) in [6, 6.07) is 11.6. The lowest BCUT2D eigenvalue weighted by molar-refractivity contribution is 0.0661. The van der Waals surface area contributed by atoms with Crippen LogP contribution in [0.5, 0.6) is 5.75 Å². The molecule has 5 heteroatoms. The molecule has 1 aliphatic rings. The van der Waals surface area contributed by atoms with Crippen LogP contribution < -0.4 is 4.74 Å². The van der Waals surface area contributed by atoms with Crippen molar-refractivity contribution >= 4 is 5.91 Å². The molecule has 2 aromatic rings. The zero-order chi connectivity index (χ0) is 16.9. The first-order chi connectivity index (χ1) is 11.6. The maximum atomic E-state index is 12.9. The fraction of sp³-hybridized carbons (Fsp3) is 0.316. The Morgan fingerprint density at radius 3 is 2.08 bits per heavy atom. The van der Waals surface area contributed by atoms with E-state index in [2.05, 4.69) is 0 Å². The van der Waals surface area contributed by atoms with Crippen molar-refractivity contribution in [2.75, 3.05) is 19.7 Å². The van der Waals surface area contributed by atoms with Crippen LogP contribution in [0.1, 0.15) is 23.2 Å². The van der Waals surface area contributed by atoms with Gasteiger partial charge in [0.25, 0.3) is 5.91 Å². The number of benzene rings is 2. The summed E-state index contributed by atoms with van der Waals surface area (Å²) in [7, 11) is 0. The maximum absolute atomic E-state index is 12.9. The summed E-state index contributed by atoms with van der Waals surface area (Å²) in [5.41, 5.74) is 0.511. The number of carbonyl (C=O) groups is 1. The summed E-state index contributed by atoms with van der Waals surface area (Å²) in [5.74, 6) is 0.333. The summed E-state index contributed by atoms with van der Waals surface area (Å²) in [5, 5.41) is 0. The van der Waals surface area contributed by atoms with Gasteiger partial charge in [0.2, 0.25) is 0 Å². The number of hydrogen-bond acceptors (Lipinski definition) is 2. The lowest BCUT2D eigenvalue weighted by atomic mass is 9.97. The fourth-order valence-corrected chi connectivity index (χ4v) is 2.82. The molecule has 3 rings (SSSR count). The van der Waals surface area contributed by atoms with E-state index in [-0.39, 0.29) is 17.5 Å². The summed E-state index contributed by atoms with van der Waals surface area (Å²) in [6.07, 6.45) is 1.71. The van der Waals surface area contributed by atoms with Crippen molar-refractivity contribution in [3.8, 4) is 5.75 Å². The van der Waals surface area contributed by atoms with E-state index in [4.69, 9.17) is 4.74 Å². The smallest absolute Gasteiger partial charge is 0.253 e. The molecule has 1 amide bonds. The van der Waals surface area contributed by atoms with Gasteiger partial charge in [-0.25, -0.2) is 8.78 Å². The van der Waals surface area contributed by atoms with Crippen molar-refractivity contribution in [3.63, 3.8) is 0 Å². The van der Waals surface area contributed by atoms with Crippen molar-refractivity contribution in [3.05, 3.63) is 65.7 Å². The van der Waals surface area contributed by atoms with Gasteiger partial charge in [-0.15, -0.1) is 0 Å². The number of ether oxygens (including phenoxy) is 1. The molecule has 0 atom stereocenters. The molecular formula is C19H19F2NO2. The largest absolute Gasteiger partial charge is 0.493 e. The molecular weight excluding hydrogens is 312 g/mol. The molecule has 0 saturated carbocycles. The number of amides is 1. The van der Waals surface area contributed by atoms with E-state index in [9.17, 15) is 13.6 Å². The lowest BCUT2D eigenvalue weighted by Gasteiger charge is -2.32. The summed E-state index contributed by atoms with van der Waals surface area (Å²) >= 11 is 0. The second-order valence-corrected chi connectivity index (χ2v) is 6.01. The number of rotatable bonds is 4. The molecule has 1 heterocycles. The quantitative estimate of drug-likeness (QED) is 0.850. The molecule has 0 spiro atoms. The Bertz CT molecular complexity index is 678. The third-order valence-electron chi connectivity index (χ3n) is 4.29. The standard InChI is InChI=1S/C19H19F2NO2/c20-16-3-1-15(2-4-16)19(23)22-11-9-14(10-12-22)13-24-18-7-5-17(21)6-8-18/h1-8,14H,9-13H2. The van der Waals surface area contributed by atoms with Gasteiger partial charge in [-0.1, -0.05) is 0 Å². The molecule has 1 aliphatic heterocycles. The van der Waals surface area contributed by atoms with Gasteiger partial charge < -0.3 is 9.64 Å². The molecule has 1 saturated heterocycles. The van der Waals surface area contributed by atoms with Gasteiger partial charge >= 0.3 is 0 Å².